The number of hydrogen-bond donors (Lipinski definition) is 3. The molecule has 19 heavy (non-hydrogen) atoms. The first-order valence-corrected chi connectivity index (χ1v) is 6.99. The van der Waals surface area contributed by atoms with Crippen molar-refractivity contribution in [2.24, 2.45) is 11.1 Å². The predicted octanol–water partition coefficient (Wildman–Crippen LogP) is 0.925. The summed E-state index contributed by atoms with van der Waals surface area (Å²) >= 11 is 0. The van der Waals surface area contributed by atoms with Crippen LogP contribution in [0.5, 0.6) is 0 Å². The molecule has 0 bridgehead atoms. The number of carbonyl (C=O) groups is 2. The van der Waals surface area contributed by atoms with Gasteiger partial charge in [0.15, 0.2) is 0 Å². The highest BCUT2D eigenvalue weighted by molar-refractivity contribution is 5.87. The van der Waals surface area contributed by atoms with Gasteiger partial charge in [-0.2, -0.15) is 0 Å². The van der Waals surface area contributed by atoms with Gasteiger partial charge in [0, 0.05) is 12.0 Å². The summed E-state index contributed by atoms with van der Waals surface area (Å²) in [5.74, 6) is -0.238. The molecule has 1 saturated carbocycles. The first-order chi connectivity index (χ1) is 8.67. The summed E-state index contributed by atoms with van der Waals surface area (Å²) in [7, 11) is 0. The molecule has 2 amide bonds. The molecule has 0 radical (unpaired) electrons. The minimum Gasteiger partial charge on any atom is -0.350 e. The van der Waals surface area contributed by atoms with Gasteiger partial charge >= 0.3 is 0 Å². The second-order valence-electron chi connectivity index (χ2n) is 6.76. The first-order valence-electron chi connectivity index (χ1n) is 6.99. The average Bonchev–Trinajstić information content (AvgIpc) is 2.21. The molecule has 0 saturated heterocycles. The predicted molar refractivity (Wildman–Crippen MR) is 75.5 cm³/mol. The van der Waals surface area contributed by atoms with Gasteiger partial charge in [-0.15, -0.1) is 0 Å². The van der Waals surface area contributed by atoms with E-state index in [2.05, 4.69) is 10.6 Å². The van der Waals surface area contributed by atoms with E-state index < -0.39 is 6.04 Å². The molecule has 0 aromatic carbocycles. The van der Waals surface area contributed by atoms with Crippen molar-refractivity contribution >= 4 is 11.8 Å². The number of nitrogens with one attached hydrogen (secondary N) is 2. The molecule has 5 heteroatoms. The molecule has 0 heterocycles. The minimum absolute atomic E-state index is 0.0235. The van der Waals surface area contributed by atoms with Crippen LogP contribution in [-0.2, 0) is 9.59 Å². The van der Waals surface area contributed by atoms with Crippen molar-refractivity contribution in [2.45, 2.75) is 65.0 Å². The van der Waals surface area contributed by atoms with Crippen molar-refractivity contribution in [3.63, 3.8) is 0 Å². The van der Waals surface area contributed by atoms with Crippen LogP contribution >= 0.6 is 0 Å². The number of nitrogens with two attached hydrogens (primary N) is 1. The molecule has 110 valence electrons. The maximum Gasteiger partial charge on any atom is 0.242 e. The number of hydrogen-bond acceptors (Lipinski definition) is 3. The van der Waals surface area contributed by atoms with Crippen LogP contribution < -0.4 is 16.4 Å². The molecule has 1 atom stereocenters. The monoisotopic (exact) mass is 269 g/mol. The lowest BCUT2D eigenvalue weighted by molar-refractivity contribution is -0.131. The molecule has 1 fully saturated rings. The average molecular weight is 269 g/mol. The molecule has 5 nitrogen and oxygen atoms in total. The summed E-state index contributed by atoms with van der Waals surface area (Å²) < 4.78 is 0. The third-order valence-electron chi connectivity index (χ3n) is 3.65. The number of carbonyl (C=O) groups excluding carboxylic acids is 2. The molecule has 1 rings (SSSR count). The zero-order valence-electron chi connectivity index (χ0n) is 12.5. The Morgan fingerprint density at radius 2 is 1.89 bits per heavy atom. The van der Waals surface area contributed by atoms with Gasteiger partial charge in [-0.3, -0.25) is 9.59 Å². The summed E-state index contributed by atoms with van der Waals surface area (Å²) in [5, 5.41) is 5.60. The number of amides is 2. The third kappa shape index (κ3) is 4.82. The van der Waals surface area contributed by atoms with Crippen LogP contribution in [0.4, 0.5) is 0 Å². The lowest BCUT2D eigenvalue weighted by Crippen LogP contribution is -2.52. The molecule has 0 aromatic rings. The smallest absolute Gasteiger partial charge is 0.242 e. The van der Waals surface area contributed by atoms with Crippen LogP contribution in [0.25, 0.3) is 0 Å². The fourth-order valence-corrected chi connectivity index (χ4v) is 2.31. The van der Waals surface area contributed by atoms with Crippen molar-refractivity contribution in [1.29, 1.82) is 0 Å². The van der Waals surface area contributed by atoms with E-state index in [1.165, 1.54) is 0 Å². The van der Waals surface area contributed by atoms with Crippen molar-refractivity contribution in [3.05, 3.63) is 0 Å². The Hall–Kier alpha value is -1.10. The lowest BCUT2D eigenvalue weighted by Gasteiger charge is -2.40. The van der Waals surface area contributed by atoms with Crippen LogP contribution in [0.15, 0.2) is 0 Å². The van der Waals surface area contributed by atoms with Gasteiger partial charge in [0.05, 0.1) is 0 Å². The van der Waals surface area contributed by atoms with E-state index >= 15 is 0 Å². The Bertz CT molecular complexity index is 338. The van der Waals surface area contributed by atoms with Crippen molar-refractivity contribution in [1.82, 2.24) is 10.6 Å². The topological polar surface area (TPSA) is 84.2 Å². The molecular formula is C14H27N3O2. The quantitative estimate of drug-likeness (QED) is 0.694. The lowest BCUT2D eigenvalue weighted by atomic mass is 9.66. The molecule has 0 aromatic heterocycles. The normalized spacial score (nSPS) is 19.2. The van der Waals surface area contributed by atoms with Gasteiger partial charge in [-0.05, 0) is 52.5 Å². The van der Waals surface area contributed by atoms with Gasteiger partial charge in [-0.1, -0.05) is 6.42 Å². The van der Waals surface area contributed by atoms with Gasteiger partial charge < -0.3 is 16.4 Å². The van der Waals surface area contributed by atoms with Crippen LogP contribution in [0.1, 0.15) is 53.4 Å². The van der Waals surface area contributed by atoms with Crippen LogP contribution in [0, 0.1) is 5.41 Å². The zero-order valence-corrected chi connectivity index (χ0v) is 12.5. The molecular weight excluding hydrogens is 242 g/mol. The van der Waals surface area contributed by atoms with Crippen LogP contribution in [0.3, 0.4) is 0 Å². The molecule has 4 N–H and O–H groups in total. The summed E-state index contributed by atoms with van der Waals surface area (Å²) in [6.07, 6.45) is 3.60. The molecule has 1 aliphatic rings. The largest absolute Gasteiger partial charge is 0.350 e. The molecule has 1 aliphatic carbocycles. The third-order valence-corrected chi connectivity index (χ3v) is 3.65. The van der Waals surface area contributed by atoms with E-state index in [0.29, 0.717) is 13.0 Å². The van der Waals surface area contributed by atoms with Gasteiger partial charge in [0.1, 0.15) is 6.04 Å². The standard InChI is InChI=1S/C14H27N3O2/c1-10(12(19)17-13(2,3)4)16-11(18)8-14(9-15)6-5-7-14/h10H,5-9,15H2,1-4H3,(H,16,18)(H,17,19). The highest BCUT2D eigenvalue weighted by atomic mass is 16.2. The second kappa shape index (κ2) is 5.90. The summed E-state index contributed by atoms with van der Waals surface area (Å²) in [6, 6.07) is -0.512. The van der Waals surface area contributed by atoms with E-state index in [0.717, 1.165) is 19.3 Å². The second-order valence-corrected chi connectivity index (χ2v) is 6.76. The molecule has 0 spiro atoms. The van der Waals surface area contributed by atoms with Crippen molar-refractivity contribution < 1.29 is 9.59 Å². The molecule has 1 unspecified atom stereocenters. The zero-order chi connectivity index (χ0) is 14.7. The van der Waals surface area contributed by atoms with Gasteiger partial charge in [0.25, 0.3) is 0 Å². The van der Waals surface area contributed by atoms with Gasteiger partial charge in [0.2, 0.25) is 11.8 Å². The maximum atomic E-state index is 11.9. The summed E-state index contributed by atoms with van der Waals surface area (Å²) in [6.45, 7) is 7.99. The van der Waals surface area contributed by atoms with Crippen molar-refractivity contribution in [2.75, 3.05) is 6.54 Å². The minimum atomic E-state index is -0.512. The molecule has 0 aliphatic heterocycles. The van der Waals surface area contributed by atoms with E-state index in [1.807, 2.05) is 20.8 Å². The van der Waals surface area contributed by atoms with E-state index in [9.17, 15) is 9.59 Å². The SMILES string of the molecule is CC(NC(=O)CC1(CN)CCC1)C(=O)NC(C)(C)C. The Labute approximate surface area is 115 Å². The fraction of sp³-hybridized carbons (Fsp3) is 0.857. The summed E-state index contributed by atoms with van der Waals surface area (Å²) in [5.41, 5.74) is 5.42. The van der Waals surface area contributed by atoms with Crippen LogP contribution in [0.2, 0.25) is 0 Å². The van der Waals surface area contributed by atoms with E-state index in [1.54, 1.807) is 6.92 Å². The highest BCUT2D eigenvalue weighted by Gasteiger charge is 2.37. The first kappa shape index (κ1) is 16.0. The van der Waals surface area contributed by atoms with Crippen molar-refractivity contribution in [3.8, 4) is 0 Å². The highest BCUT2D eigenvalue weighted by Crippen LogP contribution is 2.42. The Kier molecular flexibility index (Phi) is 4.96. The Balaban J connectivity index is 2.41. The van der Waals surface area contributed by atoms with E-state index in [4.69, 9.17) is 5.73 Å². The maximum absolute atomic E-state index is 11.9. The fourth-order valence-electron chi connectivity index (χ4n) is 2.31. The summed E-state index contributed by atoms with van der Waals surface area (Å²) in [4.78, 5) is 23.8. The van der Waals surface area contributed by atoms with Crippen LogP contribution in [-0.4, -0.2) is 29.9 Å². The van der Waals surface area contributed by atoms with E-state index in [-0.39, 0.29) is 22.8 Å². The Morgan fingerprint density at radius 1 is 1.32 bits per heavy atom. The van der Waals surface area contributed by atoms with Gasteiger partial charge in [-0.25, -0.2) is 0 Å². The Morgan fingerprint density at radius 3 is 2.26 bits per heavy atom. The number of rotatable bonds is 5.